The molecule has 5 aromatic heterocycles. The van der Waals surface area contributed by atoms with Gasteiger partial charge in [-0.05, 0) is 43.4 Å². The lowest BCUT2D eigenvalue weighted by atomic mass is 9.99. The van der Waals surface area contributed by atoms with E-state index < -0.39 is 6.04 Å². The Morgan fingerprint density at radius 3 is 3.00 bits per heavy atom. The van der Waals surface area contributed by atoms with Crippen molar-refractivity contribution in [3.05, 3.63) is 71.7 Å². The molecule has 1 amide bonds. The van der Waals surface area contributed by atoms with Gasteiger partial charge in [0, 0.05) is 31.1 Å². The fraction of sp³-hybridized carbons (Fsp3) is 0.333. The van der Waals surface area contributed by atoms with Crippen molar-refractivity contribution in [1.29, 1.82) is 0 Å². The Balaban J connectivity index is 1.26. The van der Waals surface area contributed by atoms with Crippen LogP contribution in [0.15, 0.2) is 47.5 Å². The summed E-state index contributed by atoms with van der Waals surface area (Å²) in [5.74, 6) is 0.539. The number of aromatic amines is 1. The second kappa shape index (κ2) is 8.09. The van der Waals surface area contributed by atoms with Crippen LogP contribution >= 0.6 is 9.24 Å². The van der Waals surface area contributed by atoms with Gasteiger partial charge >= 0.3 is 11.8 Å². The summed E-state index contributed by atoms with van der Waals surface area (Å²) in [6, 6.07) is 5.82. The number of nitrogens with one attached hydrogen (secondary N) is 1. The molecule has 0 radical (unpaired) electrons. The lowest BCUT2D eigenvalue weighted by Crippen LogP contribution is -2.41. The van der Waals surface area contributed by atoms with Gasteiger partial charge in [0.2, 0.25) is 0 Å². The third-order valence-electron chi connectivity index (χ3n) is 6.91. The first-order valence-electron chi connectivity index (χ1n) is 12.0. The molecule has 0 aromatic carbocycles. The maximum atomic E-state index is 13.7. The molecule has 36 heavy (non-hydrogen) atoms. The van der Waals surface area contributed by atoms with Crippen LogP contribution in [0.1, 0.15) is 70.8 Å². The number of rotatable bonds is 5. The zero-order chi connectivity index (χ0) is 24.4. The van der Waals surface area contributed by atoms with Crippen LogP contribution in [0.5, 0.6) is 0 Å². The van der Waals surface area contributed by atoms with E-state index in [0.29, 0.717) is 24.4 Å². The molecule has 182 valence electrons. The van der Waals surface area contributed by atoms with Crippen molar-refractivity contribution >= 4 is 20.7 Å². The standard InChI is InChI=1S/C24H24N9O2P/c1-13(36)33-11-15(10-27-33)22-28-29-23(35-22)24(34)31-8-6-17-20(26-12-25-17)21(31)18-9-19-16(14-4-5-14)3-2-7-32(19)30-18/h2-3,7,9-14,21H,4-6,8,36H2,1H3,(H,25,26)/t13?,21-/m0/s1. The molecule has 12 heteroatoms. The summed E-state index contributed by atoms with van der Waals surface area (Å²) >= 11 is 0. The largest absolute Gasteiger partial charge is 0.412 e. The fourth-order valence-corrected chi connectivity index (χ4v) is 5.11. The van der Waals surface area contributed by atoms with Crippen LogP contribution in [0.25, 0.3) is 17.0 Å². The number of aromatic nitrogens is 8. The molecule has 11 nitrogen and oxygen atoms in total. The minimum Gasteiger partial charge on any atom is -0.412 e. The molecule has 2 unspecified atom stereocenters. The SMILES string of the molecule is CC(P)n1cc(-c2nnc(C(=O)N3CCc4[nH]cnc4[C@@H]3c3cc4c(C5CC5)cccn4n3)o2)cn1. The normalized spacial score (nSPS) is 18.5. The fourth-order valence-electron chi connectivity index (χ4n) is 4.94. The van der Waals surface area contributed by atoms with Gasteiger partial charge in [-0.2, -0.15) is 10.2 Å². The highest BCUT2D eigenvalue weighted by atomic mass is 31.0. The number of hydrogen-bond donors (Lipinski definition) is 1. The second-order valence-electron chi connectivity index (χ2n) is 9.42. The van der Waals surface area contributed by atoms with Crippen molar-refractivity contribution in [3.8, 4) is 11.5 Å². The van der Waals surface area contributed by atoms with Crippen molar-refractivity contribution in [2.75, 3.05) is 6.54 Å². The van der Waals surface area contributed by atoms with Gasteiger partial charge in [-0.25, -0.2) is 9.50 Å². The number of imidazole rings is 1. The van der Waals surface area contributed by atoms with Crippen LogP contribution < -0.4 is 0 Å². The van der Waals surface area contributed by atoms with E-state index in [1.165, 1.54) is 18.4 Å². The monoisotopic (exact) mass is 501 g/mol. The molecule has 3 atom stereocenters. The van der Waals surface area contributed by atoms with E-state index in [4.69, 9.17) is 9.52 Å². The van der Waals surface area contributed by atoms with Gasteiger partial charge in [0.15, 0.2) is 0 Å². The van der Waals surface area contributed by atoms with Crippen molar-refractivity contribution in [1.82, 2.24) is 44.5 Å². The molecule has 1 saturated carbocycles. The smallest absolute Gasteiger partial charge is 0.312 e. The van der Waals surface area contributed by atoms with Gasteiger partial charge in [0.05, 0.1) is 40.8 Å². The number of H-pyrrole nitrogens is 1. The number of nitrogens with zero attached hydrogens (tertiary/aromatic N) is 8. The quantitative estimate of drug-likeness (QED) is 0.366. The maximum Gasteiger partial charge on any atom is 0.312 e. The van der Waals surface area contributed by atoms with Gasteiger partial charge in [0.1, 0.15) is 6.04 Å². The van der Waals surface area contributed by atoms with E-state index in [0.717, 1.165) is 22.6 Å². The van der Waals surface area contributed by atoms with E-state index >= 15 is 0 Å². The summed E-state index contributed by atoms with van der Waals surface area (Å²) in [6.45, 7) is 2.47. The van der Waals surface area contributed by atoms with Crippen LogP contribution in [0, 0.1) is 0 Å². The average molecular weight is 501 g/mol. The predicted octanol–water partition coefficient (Wildman–Crippen LogP) is 3.36. The molecular formula is C24H24N9O2P. The first-order valence-corrected chi connectivity index (χ1v) is 12.7. The van der Waals surface area contributed by atoms with Crippen molar-refractivity contribution in [2.45, 2.75) is 43.9 Å². The van der Waals surface area contributed by atoms with Crippen molar-refractivity contribution in [2.24, 2.45) is 0 Å². The number of pyridine rings is 1. The predicted molar refractivity (Wildman–Crippen MR) is 132 cm³/mol. The molecular weight excluding hydrogens is 477 g/mol. The Labute approximate surface area is 208 Å². The molecule has 1 aliphatic heterocycles. The molecule has 1 fully saturated rings. The van der Waals surface area contributed by atoms with Crippen LogP contribution in [0.2, 0.25) is 0 Å². The average Bonchev–Trinajstić information content (AvgIpc) is 3.34. The Hall–Kier alpha value is -3.85. The molecule has 2 aliphatic rings. The first-order chi connectivity index (χ1) is 17.6. The summed E-state index contributed by atoms with van der Waals surface area (Å²) in [5.41, 5.74) is 5.60. The number of carbonyl (C=O) groups is 1. The van der Waals surface area contributed by atoms with Crippen LogP contribution in [0.3, 0.4) is 0 Å². The number of hydrogen-bond acceptors (Lipinski definition) is 7. The van der Waals surface area contributed by atoms with Gasteiger partial charge < -0.3 is 14.3 Å². The zero-order valence-corrected chi connectivity index (χ0v) is 20.7. The third-order valence-corrected chi connectivity index (χ3v) is 7.22. The molecule has 0 spiro atoms. The third kappa shape index (κ3) is 3.45. The Morgan fingerprint density at radius 1 is 1.31 bits per heavy atom. The highest BCUT2D eigenvalue weighted by molar-refractivity contribution is 7.16. The molecule has 6 heterocycles. The van der Waals surface area contributed by atoms with Crippen molar-refractivity contribution in [3.63, 3.8) is 0 Å². The van der Waals surface area contributed by atoms with E-state index in [1.807, 2.05) is 29.9 Å². The van der Waals surface area contributed by atoms with E-state index in [-0.39, 0.29) is 23.5 Å². The Bertz CT molecular complexity index is 1590. The summed E-state index contributed by atoms with van der Waals surface area (Å²) in [5, 5.41) is 17.4. The number of amides is 1. The lowest BCUT2D eigenvalue weighted by Gasteiger charge is -2.32. The maximum absolute atomic E-state index is 13.7. The Morgan fingerprint density at radius 2 is 2.19 bits per heavy atom. The van der Waals surface area contributed by atoms with Gasteiger partial charge in [-0.1, -0.05) is 6.07 Å². The summed E-state index contributed by atoms with van der Waals surface area (Å²) in [6.07, 6.45) is 10.1. The molecule has 0 bridgehead atoms. The molecule has 5 aromatic rings. The highest BCUT2D eigenvalue weighted by Crippen LogP contribution is 2.43. The van der Waals surface area contributed by atoms with Gasteiger partial charge in [-0.3, -0.25) is 9.48 Å². The highest BCUT2D eigenvalue weighted by Gasteiger charge is 2.38. The van der Waals surface area contributed by atoms with E-state index in [2.05, 4.69) is 46.6 Å². The number of carbonyl (C=O) groups excluding carboxylic acids is 1. The summed E-state index contributed by atoms with van der Waals surface area (Å²) < 4.78 is 9.50. The van der Waals surface area contributed by atoms with Gasteiger partial charge in [0.25, 0.3) is 5.89 Å². The van der Waals surface area contributed by atoms with E-state index in [1.54, 1.807) is 22.1 Å². The molecule has 7 rings (SSSR count). The molecule has 0 saturated heterocycles. The van der Waals surface area contributed by atoms with Crippen LogP contribution in [-0.2, 0) is 6.42 Å². The second-order valence-corrected chi connectivity index (χ2v) is 10.4. The summed E-state index contributed by atoms with van der Waals surface area (Å²) in [7, 11) is 2.67. The number of fused-ring (bicyclic) bond motifs is 2. The van der Waals surface area contributed by atoms with Crippen LogP contribution in [0.4, 0.5) is 0 Å². The topological polar surface area (TPSA) is 123 Å². The van der Waals surface area contributed by atoms with Crippen LogP contribution in [-0.4, -0.2) is 56.9 Å². The molecule has 1 N–H and O–H groups in total. The van der Waals surface area contributed by atoms with E-state index in [9.17, 15) is 4.79 Å². The Kier molecular flexibility index (Phi) is 4.82. The van der Waals surface area contributed by atoms with Crippen molar-refractivity contribution < 1.29 is 9.21 Å². The summed E-state index contributed by atoms with van der Waals surface area (Å²) in [4.78, 5) is 23.2. The zero-order valence-electron chi connectivity index (χ0n) is 19.6. The lowest BCUT2D eigenvalue weighted by molar-refractivity contribution is 0.0646. The minimum atomic E-state index is -0.462. The minimum absolute atomic E-state index is 0.0666. The molecule has 1 aliphatic carbocycles. The first kappa shape index (κ1) is 21.4. The van der Waals surface area contributed by atoms with Gasteiger partial charge in [-0.15, -0.1) is 19.4 Å².